The van der Waals surface area contributed by atoms with Crippen LogP contribution in [0.3, 0.4) is 0 Å². The molecule has 0 aliphatic heterocycles. The largest absolute Gasteiger partial charge is 0.383 e. The molecule has 1 rings (SSSR count). The number of benzene rings is 1. The average Bonchev–Trinajstić information content (AvgIpc) is 2.42. The third-order valence-electron chi connectivity index (χ3n) is 3.05. The van der Waals surface area contributed by atoms with Crippen LogP contribution >= 0.6 is 15.9 Å². The van der Waals surface area contributed by atoms with E-state index in [1.54, 1.807) is 12.1 Å². The van der Waals surface area contributed by atoms with E-state index in [1.807, 2.05) is 6.07 Å². The van der Waals surface area contributed by atoms with Crippen LogP contribution in [0, 0.1) is 17.1 Å². The molecule has 0 amide bonds. The molecule has 1 N–H and O–H groups in total. The third-order valence-corrected chi connectivity index (χ3v) is 3.82. The predicted molar refractivity (Wildman–Crippen MR) is 80.7 cm³/mol. The second-order valence-corrected chi connectivity index (χ2v) is 5.39. The van der Waals surface area contributed by atoms with Crippen molar-refractivity contribution in [3.63, 3.8) is 0 Å². The van der Waals surface area contributed by atoms with Crippen molar-refractivity contribution in [2.24, 2.45) is 0 Å². The average molecular weight is 327 g/mol. The Balaban J connectivity index is 2.34. The molecule has 0 atom stereocenters. The lowest BCUT2D eigenvalue weighted by Crippen LogP contribution is -2.04. The lowest BCUT2D eigenvalue weighted by molar-refractivity contribution is 0.609. The fraction of sp³-hybridized carbons (Fsp3) is 0.533. The maximum atomic E-state index is 13.9. The summed E-state index contributed by atoms with van der Waals surface area (Å²) in [5, 5.41) is 11.9. The van der Waals surface area contributed by atoms with Crippen LogP contribution in [-0.2, 0) is 0 Å². The molecule has 4 heteroatoms. The molecule has 1 aromatic carbocycles. The number of nitriles is 1. The topological polar surface area (TPSA) is 35.8 Å². The number of rotatable bonds is 8. The van der Waals surface area contributed by atoms with E-state index in [4.69, 9.17) is 5.26 Å². The van der Waals surface area contributed by atoms with Crippen molar-refractivity contribution in [3.05, 3.63) is 28.0 Å². The number of unbranched alkanes of at least 4 members (excludes halogenated alkanes) is 5. The van der Waals surface area contributed by atoms with Crippen LogP contribution < -0.4 is 5.32 Å². The molecule has 19 heavy (non-hydrogen) atoms. The van der Waals surface area contributed by atoms with Gasteiger partial charge >= 0.3 is 0 Å². The van der Waals surface area contributed by atoms with Crippen LogP contribution in [0.1, 0.15) is 51.0 Å². The minimum atomic E-state index is -0.384. The Morgan fingerprint density at radius 2 is 1.89 bits per heavy atom. The Morgan fingerprint density at radius 1 is 1.21 bits per heavy atom. The van der Waals surface area contributed by atoms with Crippen LogP contribution in [0.5, 0.6) is 0 Å². The summed E-state index contributed by atoms with van der Waals surface area (Å²) in [6, 6.07) is 5.19. The molecule has 0 fully saturated rings. The zero-order valence-electron chi connectivity index (χ0n) is 11.3. The van der Waals surface area contributed by atoms with E-state index in [2.05, 4.69) is 28.2 Å². The fourth-order valence-electron chi connectivity index (χ4n) is 1.90. The van der Waals surface area contributed by atoms with Gasteiger partial charge in [0.2, 0.25) is 0 Å². The minimum absolute atomic E-state index is 0.239. The first-order valence-corrected chi connectivity index (χ1v) is 7.62. The van der Waals surface area contributed by atoms with Gasteiger partial charge < -0.3 is 5.32 Å². The van der Waals surface area contributed by atoms with Crippen LogP contribution in [0.4, 0.5) is 10.1 Å². The highest BCUT2D eigenvalue weighted by atomic mass is 79.9. The number of anilines is 1. The second-order valence-electron chi connectivity index (χ2n) is 4.59. The van der Waals surface area contributed by atoms with E-state index in [9.17, 15) is 4.39 Å². The highest BCUT2D eigenvalue weighted by Crippen LogP contribution is 2.26. The van der Waals surface area contributed by atoms with E-state index >= 15 is 0 Å². The molecule has 0 bridgehead atoms. The van der Waals surface area contributed by atoms with Gasteiger partial charge in [0.25, 0.3) is 0 Å². The van der Waals surface area contributed by atoms with Crippen molar-refractivity contribution in [3.8, 4) is 6.07 Å². The first-order valence-electron chi connectivity index (χ1n) is 6.82. The molecule has 0 aromatic heterocycles. The minimum Gasteiger partial charge on any atom is -0.383 e. The molecule has 0 aliphatic carbocycles. The number of hydrogen-bond acceptors (Lipinski definition) is 2. The molecule has 0 heterocycles. The summed E-state index contributed by atoms with van der Waals surface area (Å²) in [5.41, 5.74) is 0.780. The van der Waals surface area contributed by atoms with Crippen molar-refractivity contribution >= 4 is 21.6 Å². The SMILES string of the molecule is CCCCCCCCNc1ccc(C#N)c(Br)c1F. The molecule has 0 spiro atoms. The van der Waals surface area contributed by atoms with Crippen molar-refractivity contribution < 1.29 is 4.39 Å². The summed E-state index contributed by atoms with van der Waals surface area (Å²) in [6.45, 7) is 2.97. The van der Waals surface area contributed by atoms with Crippen molar-refractivity contribution in [1.29, 1.82) is 5.26 Å². The summed E-state index contributed by atoms with van der Waals surface area (Å²) < 4.78 is 14.1. The van der Waals surface area contributed by atoms with Gasteiger partial charge in [-0.15, -0.1) is 0 Å². The molecule has 104 valence electrons. The highest BCUT2D eigenvalue weighted by Gasteiger charge is 2.10. The molecule has 0 saturated carbocycles. The van der Waals surface area contributed by atoms with Crippen LogP contribution in [0.2, 0.25) is 0 Å². The molecule has 0 aliphatic rings. The van der Waals surface area contributed by atoms with Gasteiger partial charge in [0, 0.05) is 6.54 Å². The number of hydrogen-bond donors (Lipinski definition) is 1. The first-order chi connectivity index (χ1) is 9.20. The standard InChI is InChI=1S/C15H20BrFN2/c1-2-3-4-5-6-7-10-19-13-9-8-12(11-18)14(16)15(13)17/h8-9,19H,2-7,10H2,1H3. The van der Waals surface area contributed by atoms with E-state index in [0.29, 0.717) is 11.3 Å². The summed E-state index contributed by atoms with van der Waals surface area (Å²) in [7, 11) is 0. The van der Waals surface area contributed by atoms with Gasteiger partial charge in [0.1, 0.15) is 6.07 Å². The summed E-state index contributed by atoms with van der Waals surface area (Å²) in [6.07, 6.45) is 7.29. The van der Waals surface area contributed by atoms with Gasteiger partial charge in [-0.1, -0.05) is 39.0 Å². The molecular weight excluding hydrogens is 307 g/mol. The zero-order chi connectivity index (χ0) is 14.1. The first kappa shape index (κ1) is 16.0. The van der Waals surface area contributed by atoms with Gasteiger partial charge in [0.15, 0.2) is 5.82 Å². The Hall–Kier alpha value is -1.08. The van der Waals surface area contributed by atoms with Crippen LogP contribution in [0.15, 0.2) is 16.6 Å². The number of nitrogens with one attached hydrogen (secondary N) is 1. The fourth-order valence-corrected chi connectivity index (χ4v) is 2.34. The number of nitrogens with zero attached hydrogens (tertiary/aromatic N) is 1. The smallest absolute Gasteiger partial charge is 0.161 e. The van der Waals surface area contributed by atoms with E-state index in [-0.39, 0.29) is 10.3 Å². The Kier molecular flexibility index (Phi) is 7.50. The van der Waals surface area contributed by atoms with E-state index < -0.39 is 0 Å². The molecule has 0 saturated heterocycles. The number of halogens is 2. The lowest BCUT2D eigenvalue weighted by atomic mass is 10.1. The lowest BCUT2D eigenvalue weighted by Gasteiger charge is -2.09. The van der Waals surface area contributed by atoms with E-state index in [1.165, 1.54) is 32.1 Å². The quantitative estimate of drug-likeness (QED) is 0.663. The van der Waals surface area contributed by atoms with Crippen molar-refractivity contribution in [1.82, 2.24) is 0 Å². The zero-order valence-corrected chi connectivity index (χ0v) is 12.9. The van der Waals surface area contributed by atoms with Gasteiger partial charge in [0.05, 0.1) is 15.7 Å². The predicted octanol–water partition coefficient (Wildman–Crippen LogP) is 5.23. The summed E-state index contributed by atoms with van der Waals surface area (Å²) in [5.74, 6) is -0.384. The monoisotopic (exact) mass is 326 g/mol. The Labute approximate surface area is 123 Å². The molecular formula is C15H20BrFN2. The van der Waals surface area contributed by atoms with Crippen molar-refractivity contribution in [2.75, 3.05) is 11.9 Å². The summed E-state index contributed by atoms with van der Waals surface area (Å²) in [4.78, 5) is 0. The van der Waals surface area contributed by atoms with Gasteiger partial charge in [-0.05, 0) is 34.5 Å². The second kappa shape index (κ2) is 8.92. The maximum Gasteiger partial charge on any atom is 0.161 e. The molecule has 1 aromatic rings. The normalized spacial score (nSPS) is 10.2. The molecule has 0 radical (unpaired) electrons. The van der Waals surface area contributed by atoms with Crippen LogP contribution in [-0.4, -0.2) is 6.54 Å². The van der Waals surface area contributed by atoms with Crippen LogP contribution in [0.25, 0.3) is 0 Å². The third kappa shape index (κ3) is 5.20. The van der Waals surface area contributed by atoms with Gasteiger partial charge in [-0.2, -0.15) is 5.26 Å². The molecule has 0 unspecified atom stereocenters. The van der Waals surface area contributed by atoms with Crippen molar-refractivity contribution in [2.45, 2.75) is 45.4 Å². The molecule has 2 nitrogen and oxygen atoms in total. The van der Waals surface area contributed by atoms with Gasteiger partial charge in [-0.25, -0.2) is 4.39 Å². The highest BCUT2D eigenvalue weighted by molar-refractivity contribution is 9.10. The van der Waals surface area contributed by atoms with Gasteiger partial charge in [-0.3, -0.25) is 0 Å². The maximum absolute atomic E-state index is 13.9. The Morgan fingerprint density at radius 3 is 2.58 bits per heavy atom. The Bertz CT molecular complexity index is 441. The van der Waals surface area contributed by atoms with E-state index in [0.717, 1.165) is 13.0 Å². The summed E-state index contributed by atoms with van der Waals surface area (Å²) >= 11 is 3.10.